The molecule has 0 fully saturated rings. The maximum absolute atomic E-state index is 13.3. The molecule has 18 heavy (non-hydrogen) atoms. The van der Waals surface area contributed by atoms with Gasteiger partial charge in [0.2, 0.25) is 5.91 Å². The summed E-state index contributed by atoms with van der Waals surface area (Å²) in [6.45, 7) is 4.37. The van der Waals surface area contributed by atoms with Crippen LogP contribution in [0.15, 0.2) is 18.2 Å². The molecule has 0 aromatic heterocycles. The van der Waals surface area contributed by atoms with E-state index >= 15 is 0 Å². The van der Waals surface area contributed by atoms with E-state index in [-0.39, 0.29) is 18.0 Å². The van der Waals surface area contributed by atoms with Crippen LogP contribution in [-0.2, 0) is 11.3 Å². The third kappa shape index (κ3) is 4.41. The van der Waals surface area contributed by atoms with Gasteiger partial charge in [-0.25, -0.2) is 8.78 Å². The molecule has 2 N–H and O–H groups in total. The smallest absolute Gasteiger partial charge is 0.236 e. The van der Waals surface area contributed by atoms with Crippen molar-refractivity contribution < 1.29 is 13.6 Å². The van der Waals surface area contributed by atoms with Gasteiger partial charge in [-0.1, -0.05) is 6.92 Å². The first-order valence-electron chi connectivity index (χ1n) is 5.99. The van der Waals surface area contributed by atoms with Crippen LogP contribution in [0.1, 0.15) is 25.8 Å². The number of rotatable bonds is 6. The first kappa shape index (κ1) is 14.6. The standard InChI is InChI=1S/C13H18F2N2O/c1-3-6-16-13(18)9(2)17-8-10-7-11(14)4-5-12(10)15/h4-5,7,9,17H,3,6,8H2,1-2H3,(H,16,18). The van der Waals surface area contributed by atoms with Gasteiger partial charge in [0, 0.05) is 18.7 Å². The molecule has 1 aromatic carbocycles. The third-order valence-electron chi connectivity index (χ3n) is 2.55. The van der Waals surface area contributed by atoms with E-state index in [2.05, 4.69) is 10.6 Å². The molecule has 0 heterocycles. The number of hydrogen-bond acceptors (Lipinski definition) is 2. The number of benzene rings is 1. The predicted octanol–water partition coefficient (Wildman–Crippen LogP) is 1.97. The lowest BCUT2D eigenvalue weighted by molar-refractivity contribution is -0.122. The normalized spacial score (nSPS) is 12.2. The minimum Gasteiger partial charge on any atom is -0.355 e. The molecule has 0 saturated heterocycles. The fourth-order valence-electron chi connectivity index (χ4n) is 1.44. The van der Waals surface area contributed by atoms with Crippen LogP contribution >= 0.6 is 0 Å². The second-order valence-corrected chi connectivity index (χ2v) is 4.13. The summed E-state index contributed by atoms with van der Waals surface area (Å²) in [5.74, 6) is -1.12. The zero-order chi connectivity index (χ0) is 13.5. The van der Waals surface area contributed by atoms with Crippen molar-refractivity contribution >= 4 is 5.91 Å². The van der Waals surface area contributed by atoms with E-state index in [0.717, 1.165) is 24.6 Å². The summed E-state index contributed by atoms with van der Waals surface area (Å²) < 4.78 is 26.2. The Bertz CT molecular complexity index is 410. The highest BCUT2D eigenvalue weighted by Gasteiger charge is 2.12. The fraction of sp³-hybridized carbons (Fsp3) is 0.462. The monoisotopic (exact) mass is 256 g/mol. The highest BCUT2D eigenvalue weighted by atomic mass is 19.1. The molecule has 0 spiro atoms. The molecule has 1 rings (SSSR count). The zero-order valence-corrected chi connectivity index (χ0v) is 10.6. The Balaban J connectivity index is 2.49. The highest BCUT2D eigenvalue weighted by molar-refractivity contribution is 5.81. The van der Waals surface area contributed by atoms with Crippen molar-refractivity contribution in [1.82, 2.24) is 10.6 Å². The van der Waals surface area contributed by atoms with Gasteiger partial charge in [0.1, 0.15) is 11.6 Å². The lowest BCUT2D eigenvalue weighted by atomic mass is 10.2. The second-order valence-electron chi connectivity index (χ2n) is 4.13. The molecule has 1 aromatic rings. The van der Waals surface area contributed by atoms with Crippen LogP contribution in [0.3, 0.4) is 0 Å². The van der Waals surface area contributed by atoms with Gasteiger partial charge in [-0.05, 0) is 31.5 Å². The molecular formula is C13H18F2N2O. The molecule has 5 heteroatoms. The third-order valence-corrected chi connectivity index (χ3v) is 2.55. The van der Waals surface area contributed by atoms with Crippen LogP contribution in [0.4, 0.5) is 8.78 Å². The first-order valence-corrected chi connectivity index (χ1v) is 5.99. The molecule has 0 aliphatic rings. The number of carbonyl (C=O) groups excluding carboxylic acids is 1. The molecule has 0 aliphatic carbocycles. The summed E-state index contributed by atoms with van der Waals surface area (Å²) in [6, 6.07) is 2.82. The summed E-state index contributed by atoms with van der Waals surface area (Å²) in [4.78, 5) is 11.5. The van der Waals surface area contributed by atoms with Gasteiger partial charge < -0.3 is 10.6 Å². The maximum Gasteiger partial charge on any atom is 0.236 e. The van der Waals surface area contributed by atoms with E-state index in [1.807, 2.05) is 6.92 Å². The second kappa shape index (κ2) is 7.06. The van der Waals surface area contributed by atoms with Gasteiger partial charge in [0.05, 0.1) is 6.04 Å². The van der Waals surface area contributed by atoms with Crippen molar-refractivity contribution in [3.05, 3.63) is 35.4 Å². The van der Waals surface area contributed by atoms with Crippen LogP contribution in [0.2, 0.25) is 0 Å². The van der Waals surface area contributed by atoms with E-state index in [9.17, 15) is 13.6 Å². The topological polar surface area (TPSA) is 41.1 Å². The first-order chi connectivity index (χ1) is 8.54. The number of amides is 1. The van der Waals surface area contributed by atoms with Crippen molar-refractivity contribution in [2.45, 2.75) is 32.9 Å². The minimum atomic E-state index is -0.490. The summed E-state index contributed by atoms with van der Waals surface area (Å²) in [5, 5.41) is 5.58. The number of nitrogens with one attached hydrogen (secondary N) is 2. The van der Waals surface area contributed by atoms with Crippen LogP contribution in [0, 0.1) is 11.6 Å². The van der Waals surface area contributed by atoms with E-state index < -0.39 is 17.7 Å². The van der Waals surface area contributed by atoms with Crippen molar-refractivity contribution in [2.24, 2.45) is 0 Å². The Labute approximate surface area is 106 Å². The maximum atomic E-state index is 13.3. The quantitative estimate of drug-likeness (QED) is 0.817. The Hall–Kier alpha value is -1.49. The lowest BCUT2D eigenvalue weighted by Gasteiger charge is -2.14. The number of carbonyl (C=O) groups is 1. The van der Waals surface area contributed by atoms with Crippen LogP contribution in [0.25, 0.3) is 0 Å². The SMILES string of the molecule is CCCNC(=O)C(C)NCc1cc(F)ccc1F. The lowest BCUT2D eigenvalue weighted by Crippen LogP contribution is -2.42. The van der Waals surface area contributed by atoms with Crippen LogP contribution in [0.5, 0.6) is 0 Å². The van der Waals surface area contributed by atoms with Gasteiger partial charge in [0.25, 0.3) is 0 Å². The van der Waals surface area contributed by atoms with E-state index in [1.165, 1.54) is 0 Å². The molecule has 0 aliphatic heterocycles. The van der Waals surface area contributed by atoms with Crippen molar-refractivity contribution in [3.8, 4) is 0 Å². The largest absolute Gasteiger partial charge is 0.355 e. The Kier molecular flexibility index (Phi) is 5.71. The number of halogens is 2. The van der Waals surface area contributed by atoms with Crippen LogP contribution in [-0.4, -0.2) is 18.5 Å². The zero-order valence-electron chi connectivity index (χ0n) is 10.6. The van der Waals surface area contributed by atoms with E-state index in [4.69, 9.17) is 0 Å². The minimum absolute atomic E-state index is 0.115. The molecule has 3 nitrogen and oxygen atoms in total. The number of hydrogen-bond donors (Lipinski definition) is 2. The Morgan fingerprint density at radius 1 is 1.39 bits per heavy atom. The van der Waals surface area contributed by atoms with Crippen molar-refractivity contribution in [2.75, 3.05) is 6.54 Å². The Morgan fingerprint density at radius 3 is 2.78 bits per heavy atom. The molecular weight excluding hydrogens is 238 g/mol. The summed E-state index contributed by atoms with van der Waals surface area (Å²) in [6.07, 6.45) is 0.858. The van der Waals surface area contributed by atoms with Gasteiger partial charge in [-0.15, -0.1) is 0 Å². The van der Waals surface area contributed by atoms with Crippen molar-refractivity contribution in [1.29, 1.82) is 0 Å². The fourth-order valence-corrected chi connectivity index (χ4v) is 1.44. The highest BCUT2D eigenvalue weighted by Crippen LogP contribution is 2.09. The molecule has 100 valence electrons. The molecule has 1 amide bonds. The van der Waals surface area contributed by atoms with E-state index in [0.29, 0.717) is 6.54 Å². The Morgan fingerprint density at radius 2 is 2.11 bits per heavy atom. The van der Waals surface area contributed by atoms with Crippen molar-refractivity contribution in [3.63, 3.8) is 0 Å². The van der Waals surface area contributed by atoms with Gasteiger partial charge in [0.15, 0.2) is 0 Å². The van der Waals surface area contributed by atoms with E-state index in [1.54, 1.807) is 6.92 Å². The molecule has 0 radical (unpaired) electrons. The summed E-state index contributed by atoms with van der Waals surface area (Å²) in [7, 11) is 0. The summed E-state index contributed by atoms with van der Waals surface area (Å²) in [5.41, 5.74) is 0.213. The average Bonchev–Trinajstić information content (AvgIpc) is 2.36. The van der Waals surface area contributed by atoms with Crippen LogP contribution < -0.4 is 10.6 Å². The molecule has 1 unspecified atom stereocenters. The summed E-state index contributed by atoms with van der Waals surface area (Å²) >= 11 is 0. The predicted molar refractivity (Wildman–Crippen MR) is 66.0 cm³/mol. The average molecular weight is 256 g/mol. The van der Waals surface area contributed by atoms with Gasteiger partial charge in [-0.3, -0.25) is 4.79 Å². The molecule has 1 atom stereocenters. The van der Waals surface area contributed by atoms with Gasteiger partial charge >= 0.3 is 0 Å². The van der Waals surface area contributed by atoms with Gasteiger partial charge in [-0.2, -0.15) is 0 Å². The molecule has 0 bridgehead atoms. The molecule has 0 saturated carbocycles.